The molecule has 21 heavy (non-hydrogen) atoms. The Hall–Kier alpha value is -2.78. The van der Waals surface area contributed by atoms with Gasteiger partial charge in [0.2, 0.25) is 0 Å². The van der Waals surface area contributed by atoms with Crippen LogP contribution < -0.4 is 16.8 Å². The fourth-order valence-electron chi connectivity index (χ4n) is 1.83. The van der Waals surface area contributed by atoms with E-state index >= 15 is 0 Å². The van der Waals surface area contributed by atoms with Gasteiger partial charge in [-0.25, -0.2) is 4.39 Å². The van der Waals surface area contributed by atoms with Gasteiger partial charge in [0.25, 0.3) is 5.91 Å². The largest absolute Gasteiger partial charge is 0.399 e. The molecular weight excluding hydrogens is 295 g/mol. The van der Waals surface area contributed by atoms with E-state index in [1.807, 2.05) is 0 Å². The smallest absolute Gasteiger partial charge is 0.250 e. The molecule has 5 N–H and O–H groups in total. The van der Waals surface area contributed by atoms with Gasteiger partial charge < -0.3 is 16.8 Å². The molecule has 2 aromatic rings. The maximum absolute atomic E-state index is 13.6. The molecule has 0 fully saturated rings. The van der Waals surface area contributed by atoms with Gasteiger partial charge in [0, 0.05) is 5.69 Å². The highest BCUT2D eigenvalue weighted by Gasteiger charge is 2.16. The standard InChI is InChI=1S/C14H10ClFN4O/c15-10-5-7(18)4-8(14(19)21)13(10)20-12-3-1-2-11(16)9(12)6-17/h1-5,20H,18H2,(H2,19,21). The second-order valence-electron chi connectivity index (χ2n) is 4.19. The van der Waals surface area contributed by atoms with E-state index in [1.165, 1.54) is 24.3 Å². The number of nitrogen functional groups attached to an aromatic ring is 1. The van der Waals surface area contributed by atoms with Crippen molar-refractivity contribution in [3.63, 3.8) is 0 Å². The third-order valence-corrected chi connectivity index (χ3v) is 3.06. The number of halogens is 2. The Balaban J connectivity index is 2.58. The first kappa shape index (κ1) is 14.6. The van der Waals surface area contributed by atoms with Gasteiger partial charge in [-0.1, -0.05) is 17.7 Å². The molecule has 0 atom stereocenters. The number of hydrogen-bond acceptors (Lipinski definition) is 4. The molecule has 0 aliphatic rings. The molecule has 1 amide bonds. The van der Waals surface area contributed by atoms with Crippen LogP contribution in [0.2, 0.25) is 5.02 Å². The Bertz CT molecular complexity index is 770. The van der Waals surface area contributed by atoms with Crippen molar-refractivity contribution in [1.82, 2.24) is 0 Å². The number of nitriles is 1. The zero-order valence-corrected chi connectivity index (χ0v) is 11.4. The van der Waals surface area contributed by atoms with Crippen LogP contribution in [0.1, 0.15) is 15.9 Å². The van der Waals surface area contributed by atoms with Crippen molar-refractivity contribution in [2.24, 2.45) is 5.73 Å². The maximum Gasteiger partial charge on any atom is 0.250 e. The van der Waals surface area contributed by atoms with Crippen molar-refractivity contribution in [3.05, 3.63) is 52.3 Å². The zero-order valence-electron chi connectivity index (χ0n) is 10.7. The summed E-state index contributed by atoms with van der Waals surface area (Å²) in [6, 6.07) is 8.58. The lowest BCUT2D eigenvalue weighted by Gasteiger charge is -2.14. The number of nitrogens with one attached hydrogen (secondary N) is 1. The summed E-state index contributed by atoms with van der Waals surface area (Å²) in [5.74, 6) is -1.43. The van der Waals surface area contributed by atoms with Crippen molar-refractivity contribution in [2.45, 2.75) is 0 Å². The van der Waals surface area contributed by atoms with E-state index in [0.29, 0.717) is 0 Å². The van der Waals surface area contributed by atoms with Crippen molar-refractivity contribution in [3.8, 4) is 6.07 Å². The molecule has 0 saturated carbocycles. The lowest BCUT2D eigenvalue weighted by Crippen LogP contribution is -2.14. The van der Waals surface area contributed by atoms with Crippen LogP contribution in [0.3, 0.4) is 0 Å². The Morgan fingerprint density at radius 1 is 1.38 bits per heavy atom. The summed E-state index contributed by atoms with van der Waals surface area (Å²) in [5.41, 5.74) is 11.3. The molecule has 0 heterocycles. The number of hydrogen-bond donors (Lipinski definition) is 3. The lowest BCUT2D eigenvalue weighted by molar-refractivity contribution is 0.100. The van der Waals surface area contributed by atoms with Crippen LogP contribution in [-0.2, 0) is 0 Å². The normalized spacial score (nSPS) is 9.95. The number of primary amides is 1. The molecule has 0 radical (unpaired) electrons. The van der Waals surface area contributed by atoms with Crippen molar-refractivity contribution >= 4 is 34.6 Å². The number of benzene rings is 2. The monoisotopic (exact) mass is 304 g/mol. The highest BCUT2D eigenvalue weighted by molar-refractivity contribution is 6.34. The number of nitrogens with zero attached hydrogens (tertiary/aromatic N) is 1. The summed E-state index contributed by atoms with van der Waals surface area (Å²) in [5, 5.41) is 11.9. The van der Waals surface area contributed by atoms with Crippen molar-refractivity contribution < 1.29 is 9.18 Å². The molecular formula is C14H10ClFN4O. The third-order valence-electron chi connectivity index (χ3n) is 2.76. The second kappa shape index (κ2) is 5.69. The summed E-state index contributed by atoms with van der Waals surface area (Å²) < 4.78 is 13.6. The van der Waals surface area contributed by atoms with E-state index in [0.717, 1.165) is 6.07 Å². The predicted octanol–water partition coefficient (Wildman–Crippen LogP) is 2.78. The van der Waals surface area contributed by atoms with Crippen LogP contribution in [0, 0.1) is 17.1 Å². The molecule has 106 valence electrons. The average molecular weight is 305 g/mol. The van der Waals surface area contributed by atoms with Crippen LogP contribution in [0.4, 0.5) is 21.5 Å². The van der Waals surface area contributed by atoms with E-state index in [4.69, 9.17) is 28.3 Å². The van der Waals surface area contributed by atoms with Crippen LogP contribution in [0.5, 0.6) is 0 Å². The minimum atomic E-state index is -0.749. The Morgan fingerprint density at radius 2 is 2.10 bits per heavy atom. The zero-order chi connectivity index (χ0) is 15.6. The van der Waals surface area contributed by atoms with Crippen LogP contribution in [0.15, 0.2) is 30.3 Å². The lowest BCUT2D eigenvalue weighted by atomic mass is 10.1. The molecule has 0 unspecified atom stereocenters. The molecule has 0 spiro atoms. The van der Waals surface area contributed by atoms with Gasteiger partial charge in [-0.3, -0.25) is 4.79 Å². The molecule has 2 rings (SSSR count). The molecule has 5 nitrogen and oxygen atoms in total. The van der Waals surface area contributed by atoms with E-state index in [9.17, 15) is 9.18 Å². The number of carbonyl (C=O) groups excluding carboxylic acids is 1. The topological polar surface area (TPSA) is 105 Å². The minimum Gasteiger partial charge on any atom is -0.399 e. The Labute approximate surface area is 124 Å². The van der Waals surface area contributed by atoms with Gasteiger partial charge in [-0.15, -0.1) is 0 Å². The fourth-order valence-corrected chi connectivity index (χ4v) is 2.10. The Kier molecular flexibility index (Phi) is 3.96. The number of nitrogens with two attached hydrogens (primary N) is 2. The van der Waals surface area contributed by atoms with Gasteiger partial charge in [-0.2, -0.15) is 5.26 Å². The number of anilines is 3. The molecule has 7 heteroatoms. The first-order chi connectivity index (χ1) is 9.93. The second-order valence-corrected chi connectivity index (χ2v) is 4.60. The van der Waals surface area contributed by atoms with Crippen LogP contribution in [-0.4, -0.2) is 5.91 Å². The highest BCUT2D eigenvalue weighted by Crippen LogP contribution is 2.33. The third kappa shape index (κ3) is 2.88. The maximum atomic E-state index is 13.6. The summed E-state index contributed by atoms with van der Waals surface area (Å²) in [6.45, 7) is 0. The first-order valence-corrected chi connectivity index (χ1v) is 6.16. The number of amides is 1. The number of carbonyl (C=O) groups is 1. The van der Waals surface area contributed by atoms with E-state index < -0.39 is 11.7 Å². The Morgan fingerprint density at radius 3 is 2.71 bits per heavy atom. The quantitative estimate of drug-likeness (QED) is 0.758. The summed E-state index contributed by atoms with van der Waals surface area (Å²) in [4.78, 5) is 11.5. The van der Waals surface area contributed by atoms with Gasteiger partial charge in [0.15, 0.2) is 0 Å². The van der Waals surface area contributed by atoms with E-state index in [-0.39, 0.29) is 33.2 Å². The van der Waals surface area contributed by atoms with Gasteiger partial charge in [-0.05, 0) is 24.3 Å². The summed E-state index contributed by atoms with van der Waals surface area (Å²) in [7, 11) is 0. The molecule has 0 saturated heterocycles. The molecule has 0 aromatic heterocycles. The number of rotatable bonds is 3. The predicted molar refractivity (Wildman–Crippen MR) is 78.8 cm³/mol. The average Bonchev–Trinajstić information content (AvgIpc) is 2.41. The SMILES string of the molecule is N#Cc1c(F)cccc1Nc1c(Cl)cc(N)cc1C(N)=O. The molecule has 0 bridgehead atoms. The molecule has 0 aliphatic carbocycles. The summed E-state index contributed by atoms with van der Waals surface area (Å²) in [6.07, 6.45) is 0. The summed E-state index contributed by atoms with van der Waals surface area (Å²) >= 11 is 6.04. The van der Waals surface area contributed by atoms with Gasteiger partial charge in [0.05, 0.1) is 22.0 Å². The van der Waals surface area contributed by atoms with E-state index in [2.05, 4.69) is 5.32 Å². The van der Waals surface area contributed by atoms with Crippen molar-refractivity contribution in [2.75, 3.05) is 11.1 Å². The minimum absolute atomic E-state index is 0.0492. The van der Waals surface area contributed by atoms with Crippen molar-refractivity contribution in [1.29, 1.82) is 5.26 Å². The highest BCUT2D eigenvalue weighted by atomic mass is 35.5. The van der Waals surface area contributed by atoms with Gasteiger partial charge in [0.1, 0.15) is 17.4 Å². The first-order valence-electron chi connectivity index (χ1n) is 5.78. The fraction of sp³-hybridized carbons (Fsp3) is 0. The van der Waals surface area contributed by atoms with Gasteiger partial charge >= 0.3 is 0 Å². The molecule has 0 aliphatic heterocycles. The van der Waals surface area contributed by atoms with Crippen LogP contribution in [0.25, 0.3) is 0 Å². The van der Waals surface area contributed by atoms with E-state index in [1.54, 1.807) is 6.07 Å². The molecule has 2 aromatic carbocycles. The van der Waals surface area contributed by atoms with Crippen LogP contribution >= 0.6 is 11.6 Å².